The number of hydrogen-bond acceptors (Lipinski definition) is 2. The number of nitrogens with zero attached hydrogens (tertiary/aromatic N) is 2. The molecule has 2 fully saturated rings. The van der Waals surface area contributed by atoms with Crippen LogP contribution in [0.1, 0.15) is 36.8 Å². The number of rotatable bonds is 5. The maximum Gasteiger partial charge on any atom is 0.226 e. The van der Waals surface area contributed by atoms with Gasteiger partial charge in [-0.15, -0.1) is 0 Å². The molecule has 2 aromatic rings. The molecular weight excluding hydrogens is 380 g/mol. The zero-order valence-electron chi connectivity index (χ0n) is 17.1. The minimum absolute atomic E-state index is 0.147. The van der Waals surface area contributed by atoms with Gasteiger partial charge in [-0.2, -0.15) is 0 Å². The molecular formula is C25H31ClN2O. The molecule has 2 aromatic carbocycles. The molecule has 0 aromatic heterocycles. The van der Waals surface area contributed by atoms with Crippen molar-refractivity contribution in [2.24, 2.45) is 11.8 Å². The quantitative estimate of drug-likeness (QED) is 0.689. The number of amides is 1. The lowest BCUT2D eigenvalue weighted by Crippen LogP contribution is -2.47. The summed E-state index contributed by atoms with van der Waals surface area (Å²) in [5.74, 6) is 1.22. The predicted octanol–water partition coefficient (Wildman–Crippen LogP) is 5.03. The first kappa shape index (κ1) is 20.4. The average molecular weight is 411 g/mol. The molecule has 3 nitrogen and oxygen atoms in total. The molecule has 29 heavy (non-hydrogen) atoms. The second-order valence-electron chi connectivity index (χ2n) is 8.66. The van der Waals surface area contributed by atoms with Crippen molar-refractivity contribution in [1.82, 2.24) is 9.80 Å². The lowest BCUT2D eigenvalue weighted by molar-refractivity contribution is -0.138. The van der Waals surface area contributed by atoms with Crippen LogP contribution in [0, 0.1) is 11.8 Å². The third-order valence-corrected chi connectivity index (χ3v) is 6.68. The highest BCUT2D eigenvalue weighted by Gasteiger charge is 2.31. The van der Waals surface area contributed by atoms with E-state index in [4.69, 9.17) is 11.6 Å². The Morgan fingerprint density at radius 2 is 1.69 bits per heavy atom. The minimum atomic E-state index is 0.147. The number of carbonyl (C=O) groups excluding carboxylic acids is 1. The fraction of sp³-hybridized carbons (Fsp3) is 0.480. The summed E-state index contributed by atoms with van der Waals surface area (Å²) in [5, 5.41) is 0.783. The van der Waals surface area contributed by atoms with Gasteiger partial charge in [0.2, 0.25) is 5.91 Å². The molecule has 2 saturated heterocycles. The number of carbonyl (C=O) groups is 1. The van der Waals surface area contributed by atoms with Crippen LogP contribution < -0.4 is 0 Å². The van der Waals surface area contributed by atoms with Gasteiger partial charge in [-0.1, -0.05) is 54.1 Å². The first-order chi connectivity index (χ1) is 14.2. The number of piperidine rings is 2. The molecule has 0 N–H and O–H groups in total. The summed E-state index contributed by atoms with van der Waals surface area (Å²) < 4.78 is 0. The third kappa shape index (κ3) is 5.61. The summed E-state index contributed by atoms with van der Waals surface area (Å²) >= 11 is 6.13. The van der Waals surface area contributed by atoms with Crippen LogP contribution in [0.15, 0.2) is 54.6 Å². The zero-order valence-corrected chi connectivity index (χ0v) is 17.9. The van der Waals surface area contributed by atoms with E-state index in [9.17, 15) is 4.79 Å². The van der Waals surface area contributed by atoms with Crippen LogP contribution in [-0.2, 0) is 17.8 Å². The molecule has 154 valence electrons. The van der Waals surface area contributed by atoms with Crippen LogP contribution in [-0.4, -0.2) is 41.9 Å². The van der Waals surface area contributed by atoms with Crippen LogP contribution in [0.4, 0.5) is 0 Å². The van der Waals surface area contributed by atoms with Crippen molar-refractivity contribution >= 4 is 17.5 Å². The number of halogens is 1. The van der Waals surface area contributed by atoms with Crippen molar-refractivity contribution in [3.8, 4) is 0 Å². The van der Waals surface area contributed by atoms with Crippen molar-refractivity contribution in [2.75, 3.05) is 26.2 Å². The van der Waals surface area contributed by atoms with E-state index >= 15 is 0 Å². The molecule has 0 spiro atoms. The molecule has 1 amide bonds. The Bertz CT molecular complexity index is 801. The third-order valence-electron chi connectivity index (χ3n) is 6.44. The van der Waals surface area contributed by atoms with Crippen LogP contribution in [0.25, 0.3) is 0 Å². The minimum Gasteiger partial charge on any atom is -0.342 e. The number of benzene rings is 2. The Hall–Kier alpha value is -1.84. The molecule has 0 saturated carbocycles. The van der Waals surface area contributed by atoms with Crippen molar-refractivity contribution in [2.45, 2.75) is 38.6 Å². The lowest BCUT2D eigenvalue weighted by Gasteiger charge is -2.38. The van der Waals surface area contributed by atoms with E-state index in [1.807, 2.05) is 18.2 Å². The summed E-state index contributed by atoms with van der Waals surface area (Å²) in [7, 11) is 0. The molecule has 2 aliphatic heterocycles. The molecule has 0 radical (unpaired) electrons. The van der Waals surface area contributed by atoms with Gasteiger partial charge in [-0.3, -0.25) is 9.69 Å². The van der Waals surface area contributed by atoms with Gasteiger partial charge in [0, 0.05) is 31.2 Å². The fourth-order valence-electron chi connectivity index (χ4n) is 4.86. The van der Waals surface area contributed by atoms with Crippen LogP contribution in [0.2, 0.25) is 5.02 Å². The SMILES string of the molecule is O=C([C@H]1CCCN(Cc2cccc(Cl)c2)C1)N1CCC(Cc2ccccc2)CC1. The molecule has 0 aliphatic carbocycles. The summed E-state index contributed by atoms with van der Waals surface area (Å²) in [6.45, 7) is 4.65. The molecule has 4 heteroatoms. The molecule has 2 heterocycles. The Morgan fingerprint density at radius 3 is 2.45 bits per heavy atom. The predicted molar refractivity (Wildman–Crippen MR) is 119 cm³/mol. The zero-order chi connectivity index (χ0) is 20.1. The fourth-order valence-corrected chi connectivity index (χ4v) is 5.07. The summed E-state index contributed by atoms with van der Waals surface area (Å²) in [5.41, 5.74) is 2.65. The highest BCUT2D eigenvalue weighted by atomic mass is 35.5. The smallest absolute Gasteiger partial charge is 0.226 e. The van der Waals surface area contributed by atoms with Gasteiger partial charge in [0.05, 0.1) is 5.92 Å². The van der Waals surface area contributed by atoms with E-state index < -0.39 is 0 Å². The number of hydrogen-bond donors (Lipinski definition) is 0. The van der Waals surface area contributed by atoms with Gasteiger partial charge in [0.1, 0.15) is 0 Å². The Balaban J connectivity index is 1.27. The maximum atomic E-state index is 13.1. The van der Waals surface area contributed by atoms with E-state index in [0.717, 1.165) is 69.9 Å². The van der Waals surface area contributed by atoms with Gasteiger partial charge in [0.15, 0.2) is 0 Å². The van der Waals surface area contributed by atoms with Crippen molar-refractivity contribution in [3.63, 3.8) is 0 Å². The van der Waals surface area contributed by atoms with Gasteiger partial charge >= 0.3 is 0 Å². The van der Waals surface area contributed by atoms with E-state index in [-0.39, 0.29) is 5.92 Å². The Labute approximate surface area is 179 Å². The van der Waals surface area contributed by atoms with Crippen molar-refractivity contribution in [1.29, 1.82) is 0 Å². The standard InChI is InChI=1S/C25H31ClN2O/c26-24-10-4-8-22(17-24)18-27-13-5-9-23(19-27)25(29)28-14-11-21(12-15-28)16-20-6-2-1-3-7-20/h1-4,6-8,10,17,21,23H,5,9,11-16,18-19H2/t23-/m0/s1. The topological polar surface area (TPSA) is 23.6 Å². The molecule has 0 bridgehead atoms. The van der Waals surface area contributed by atoms with Crippen molar-refractivity contribution < 1.29 is 4.79 Å². The molecule has 1 atom stereocenters. The molecule has 0 unspecified atom stereocenters. The highest BCUT2D eigenvalue weighted by Crippen LogP contribution is 2.26. The van der Waals surface area contributed by atoms with Crippen LogP contribution >= 0.6 is 11.6 Å². The summed E-state index contributed by atoms with van der Waals surface area (Å²) in [4.78, 5) is 17.7. The van der Waals surface area contributed by atoms with E-state index in [1.165, 1.54) is 11.1 Å². The Morgan fingerprint density at radius 1 is 0.931 bits per heavy atom. The normalized spacial score (nSPS) is 21.3. The average Bonchev–Trinajstić information content (AvgIpc) is 2.75. The van der Waals surface area contributed by atoms with E-state index in [2.05, 4.69) is 46.2 Å². The summed E-state index contributed by atoms with van der Waals surface area (Å²) in [6, 6.07) is 18.8. The Kier molecular flexibility index (Phi) is 6.89. The van der Waals surface area contributed by atoms with Crippen molar-refractivity contribution in [3.05, 3.63) is 70.7 Å². The highest BCUT2D eigenvalue weighted by molar-refractivity contribution is 6.30. The second kappa shape index (κ2) is 9.77. The van der Waals surface area contributed by atoms with E-state index in [1.54, 1.807) is 0 Å². The van der Waals surface area contributed by atoms with Gasteiger partial charge in [-0.05, 0) is 67.8 Å². The number of likely N-dealkylation sites (tertiary alicyclic amines) is 2. The lowest BCUT2D eigenvalue weighted by atomic mass is 9.89. The molecule has 2 aliphatic rings. The molecule has 4 rings (SSSR count). The summed E-state index contributed by atoms with van der Waals surface area (Å²) in [6.07, 6.45) is 5.51. The van der Waals surface area contributed by atoms with E-state index in [0.29, 0.717) is 11.8 Å². The van der Waals surface area contributed by atoms with Gasteiger partial charge < -0.3 is 4.90 Å². The second-order valence-corrected chi connectivity index (χ2v) is 9.10. The van der Waals surface area contributed by atoms with Gasteiger partial charge in [-0.25, -0.2) is 0 Å². The van der Waals surface area contributed by atoms with Crippen LogP contribution in [0.5, 0.6) is 0 Å². The monoisotopic (exact) mass is 410 g/mol. The first-order valence-corrected chi connectivity index (χ1v) is 11.3. The largest absolute Gasteiger partial charge is 0.342 e. The first-order valence-electron chi connectivity index (χ1n) is 11.0. The van der Waals surface area contributed by atoms with Crippen LogP contribution in [0.3, 0.4) is 0 Å². The van der Waals surface area contributed by atoms with Gasteiger partial charge in [0.25, 0.3) is 0 Å². The maximum absolute atomic E-state index is 13.1.